The summed E-state index contributed by atoms with van der Waals surface area (Å²) in [5.74, 6) is -0.800. The highest BCUT2D eigenvalue weighted by atomic mass is 32.2. The molecule has 0 aliphatic carbocycles. The second-order valence-corrected chi connectivity index (χ2v) is 9.65. The predicted octanol–water partition coefficient (Wildman–Crippen LogP) is 4.58. The third kappa shape index (κ3) is 3.64. The summed E-state index contributed by atoms with van der Waals surface area (Å²) in [5, 5.41) is 3.01. The highest BCUT2D eigenvalue weighted by Crippen LogP contribution is 2.35. The van der Waals surface area contributed by atoms with Gasteiger partial charge in [0.05, 0.1) is 15.8 Å². The molecule has 6 heteroatoms. The fourth-order valence-corrected chi connectivity index (χ4v) is 5.77. The van der Waals surface area contributed by atoms with Crippen LogP contribution in [0.2, 0.25) is 0 Å². The van der Waals surface area contributed by atoms with Gasteiger partial charge in [-0.05, 0) is 41.5 Å². The van der Waals surface area contributed by atoms with Crippen molar-refractivity contribution in [1.82, 2.24) is 5.32 Å². The van der Waals surface area contributed by atoms with Gasteiger partial charge in [-0.3, -0.25) is 9.59 Å². The van der Waals surface area contributed by atoms with Crippen molar-refractivity contribution in [2.75, 3.05) is 0 Å². The van der Waals surface area contributed by atoms with Crippen molar-refractivity contribution in [2.24, 2.45) is 0 Å². The summed E-state index contributed by atoms with van der Waals surface area (Å²) in [6, 6.07) is 29.0. The molecule has 162 valence electrons. The second kappa shape index (κ2) is 8.15. The highest BCUT2D eigenvalue weighted by molar-refractivity contribution is 7.91. The second-order valence-electron chi connectivity index (χ2n) is 7.77. The minimum Gasteiger partial charge on any atom is -0.341 e. The third-order valence-electron chi connectivity index (χ3n) is 5.74. The smallest absolute Gasteiger partial charge is 0.252 e. The Kier molecular flexibility index (Phi) is 5.15. The van der Waals surface area contributed by atoms with Gasteiger partial charge < -0.3 is 5.32 Å². The largest absolute Gasteiger partial charge is 0.341 e. The lowest BCUT2D eigenvalue weighted by molar-refractivity contribution is 0.0941. The summed E-state index contributed by atoms with van der Waals surface area (Å²) in [6.45, 7) is 0. The molecule has 5 nitrogen and oxygen atoms in total. The van der Waals surface area contributed by atoms with Gasteiger partial charge in [-0.1, -0.05) is 72.8 Å². The lowest BCUT2D eigenvalue weighted by atomic mass is 9.97. The number of nitrogens with one attached hydrogen (secondary N) is 1. The average Bonchev–Trinajstić information content (AvgIpc) is 2.87. The van der Waals surface area contributed by atoms with Gasteiger partial charge in [-0.2, -0.15) is 0 Å². The molecule has 0 fully saturated rings. The van der Waals surface area contributed by atoms with E-state index >= 15 is 0 Å². The van der Waals surface area contributed by atoms with E-state index in [4.69, 9.17) is 0 Å². The Morgan fingerprint density at radius 1 is 0.667 bits per heavy atom. The fraction of sp³-hybridized carbons (Fsp3) is 0.0370. The van der Waals surface area contributed by atoms with Crippen LogP contribution in [0.3, 0.4) is 0 Å². The molecule has 0 spiro atoms. The number of rotatable bonds is 4. The van der Waals surface area contributed by atoms with Crippen LogP contribution in [0.5, 0.6) is 0 Å². The molecule has 4 aromatic carbocycles. The predicted molar refractivity (Wildman–Crippen MR) is 124 cm³/mol. The van der Waals surface area contributed by atoms with Crippen molar-refractivity contribution in [3.05, 3.63) is 131 Å². The summed E-state index contributed by atoms with van der Waals surface area (Å²) in [5.41, 5.74) is 2.18. The van der Waals surface area contributed by atoms with Crippen molar-refractivity contribution < 1.29 is 18.0 Å². The first-order chi connectivity index (χ1) is 16.0. The zero-order valence-electron chi connectivity index (χ0n) is 17.4. The Labute approximate surface area is 191 Å². The molecular weight excluding hydrogens is 434 g/mol. The molecular formula is C27H19NO4S. The topological polar surface area (TPSA) is 80.3 Å². The van der Waals surface area contributed by atoms with E-state index < -0.39 is 21.8 Å². The van der Waals surface area contributed by atoms with Gasteiger partial charge in [0.1, 0.15) is 0 Å². The lowest BCUT2D eigenvalue weighted by Crippen LogP contribution is -2.30. The number of carbonyl (C=O) groups is 2. The summed E-state index contributed by atoms with van der Waals surface area (Å²) in [4.78, 5) is 25.9. The first-order valence-electron chi connectivity index (χ1n) is 10.4. The van der Waals surface area contributed by atoms with E-state index in [1.54, 1.807) is 12.1 Å². The number of hydrogen-bond donors (Lipinski definition) is 1. The molecule has 0 bridgehead atoms. The molecule has 1 amide bonds. The van der Waals surface area contributed by atoms with Crippen molar-refractivity contribution in [3.63, 3.8) is 0 Å². The van der Waals surface area contributed by atoms with Crippen LogP contribution < -0.4 is 5.32 Å². The number of amides is 1. The molecule has 0 saturated carbocycles. The molecule has 1 aliphatic heterocycles. The quantitative estimate of drug-likeness (QED) is 0.432. The maximum Gasteiger partial charge on any atom is 0.252 e. The lowest BCUT2D eigenvalue weighted by Gasteiger charge is -2.22. The number of hydrogen-bond acceptors (Lipinski definition) is 4. The van der Waals surface area contributed by atoms with E-state index in [0.29, 0.717) is 0 Å². The first kappa shape index (κ1) is 20.8. The minimum absolute atomic E-state index is 0.0356. The number of fused-ring (bicyclic) bond motifs is 2. The summed E-state index contributed by atoms with van der Waals surface area (Å²) >= 11 is 0. The van der Waals surface area contributed by atoms with Gasteiger partial charge in [0.2, 0.25) is 9.84 Å². The van der Waals surface area contributed by atoms with Crippen LogP contribution in [0.1, 0.15) is 43.4 Å². The number of ketones is 1. The van der Waals surface area contributed by atoms with Crippen LogP contribution in [0.4, 0.5) is 0 Å². The van der Waals surface area contributed by atoms with Gasteiger partial charge in [0.25, 0.3) is 5.91 Å². The van der Waals surface area contributed by atoms with Crippen LogP contribution in [0.15, 0.2) is 113 Å². The van der Waals surface area contributed by atoms with Gasteiger partial charge in [0.15, 0.2) is 5.78 Å². The van der Waals surface area contributed by atoms with E-state index in [2.05, 4.69) is 5.32 Å². The minimum atomic E-state index is -3.92. The molecule has 33 heavy (non-hydrogen) atoms. The fourth-order valence-electron chi connectivity index (χ4n) is 4.09. The molecule has 1 heterocycles. The molecule has 0 saturated heterocycles. The van der Waals surface area contributed by atoms with Crippen LogP contribution in [0.25, 0.3) is 0 Å². The molecule has 1 N–H and O–H groups in total. The van der Waals surface area contributed by atoms with Gasteiger partial charge in [0, 0.05) is 16.7 Å². The van der Waals surface area contributed by atoms with E-state index in [9.17, 15) is 18.0 Å². The summed E-state index contributed by atoms with van der Waals surface area (Å²) in [7, 11) is -3.92. The Morgan fingerprint density at radius 2 is 1.21 bits per heavy atom. The van der Waals surface area contributed by atoms with Crippen LogP contribution in [-0.2, 0) is 9.84 Å². The SMILES string of the molecule is O=C(NC(c1ccccc1)c1ccccc1)c1ccc2c(c1)S(=O)(=O)c1ccccc1C2=O. The molecule has 1 aliphatic rings. The summed E-state index contributed by atoms with van der Waals surface area (Å²) < 4.78 is 26.4. The standard InChI is InChI=1S/C27H19NO4S/c29-26-21-13-7-8-14-23(21)33(31,32)24-17-20(15-16-22(24)26)27(30)28-25(18-9-3-1-4-10-18)19-11-5-2-6-12-19/h1-17,25H,(H,28,30). The molecule has 0 radical (unpaired) electrons. The van der Waals surface area contributed by atoms with E-state index in [0.717, 1.165) is 11.1 Å². The highest BCUT2D eigenvalue weighted by Gasteiger charge is 2.35. The van der Waals surface area contributed by atoms with Gasteiger partial charge >= 0.3 is 0 Å². The van der Waals surface area contributed by atoms with Crippen molar-refractivity contribution in [3.8, 4) is 0 Å². The number of carbonyl (C=O) groups excluding carboxylic acids is 2. The average molecular weight is 454 g/mol. The van der Waals surface area contributed by atoms with Crippen LogP contribution in [0, 0.1) is 0 Å². The van der Waals surface area contributed by atoms with Crippen molar-refractivity contribution >= 4 is 21.5 Å². The Balaban J connectivity index is 1.54. The Bertz CT molecular complexity index is 1440. The van der Waals surface area contributed by atoms with Crippen molar-refractivity contribution in [2.45, 2.75) is 15.8 Å². The van der Waals surface area contributed by atoms with Gasteiger partial charge in [-0.15, -0.1) is 0 Å². The third-order valence-corrected chi connectivity index (χ3v) is 7.59. The molecule has 0 atom stereocenters. The van der Waals surface area contributed by atoms with Crippen LogP contribution >= 0.6 is 0 Å². The zero-order valence-corrected chi connectivity index (χ0v) is 18.3. The Morgan fingerprint density at radius 3 is 1.85 bits per heavy atom. The van der Waals surface area contributed by atoms with E-state index in [1.165, 1.54) is 30.3 Å². The van der Waals surface area contributed by atoms with Crippen molar-refractivity contribution in [1.29, 1.82) is 0 Å². The summed E-state index contributed by atoms with van der Waals surface area (Å²) in [6.07, 6.45) is 0. The normalized spacial score (nSPS) is 13.8. The molecule has 0 aromatic heterocycles. The maximum atomic E-state index is 13.2. The zero-order chi connectivity index (χ0) is 23.0. The van der Waals surface area contributed by atoms with E-state index in [1.807, 2.05) is 60.7 Å². The maximum absolute atomic E-state index is 13.2. The Hall–Kier alpha value is -4.03. The molecule has 5 rings (SSSR count). The monoisotopic (exact) mass is 453 g/mol. The van der Waals surface area contributed by atoms with Crippen LogP contribution in [-0.4, -0.2) is 20.1 Å². The number of benzene rings is 4. The van der Waals surface area contributed by atoms with Gasteiger partial charge in [-0.25, -0.2) is 8.42 Å². The van der Waals surface area contributed by atoms with E-state index in [-0.39, 0.29) is 32.3 Å². The molecule has 4 aromatic rings. The number of sulfone groups is 1. The first-order valence-corrected chi connectivity index (χ1v) is 11.9. The molecule has 0 unspecified atom stereocenters.